The molecule has 0 radical (unpaired) electrons. The molecule has 2 bridgehead atoms. The van der Waals surface area contributed by atoms with Crippen LogP contribution in [0.4, 0.5) is 4.39 Å². The van der Waals surface area contributed by atoms with Gasteiger partial charge in [-0.25, -0.2) is 9.18 Å². The Morgan fingerprint density at radius 1 is 1.31 bits per heavy atom. The number of hydrogen-bond acceptors (Lipinski definition) is 6. The predicted molar refractivity (Wildman–Crippen MR) is 130 cm³/mol. The van der Waals surface area contributed by atoms with Gasteiger partial charge >= 0.3 is 5.97 Å². The topological polar surface area (TPSA) is 103 Å². The van der Waals surface area contributed by atoms with Gasteiger partial charge in [0.1, 0.15) is 23.5 Å². The fourth-order valence-corrected chi connectivity index (χ4v) is 5.75. The summed E-state index contributed by atoms with van der Waals surface area (Å²) in [6.07, 6.45) is 3.01. The molecular weight excluding hydrogens is 469 g/mol. The Bertz CT molecular complexity index is 1150. The van der Waals surface area contributed by atoms with Crippen LogP contribution in [0, 0.1) is 23.1 Å². The van der Waals surface area contributed by atoms with Crippen molar-refractivity contribution in [1.82, 2.24) is 10.2 Å². The SMILES string of the molecule is CC(C)(C)OCN1[C@@H]2CC[C@@H](C2)[C@H]1C(=O)N[C@H](C#N)Cc1ccc(-c2csc(C(=O)O)c2)cc1F. The number of benzene rings is 1. The van der Waals surface area contributed by atoms with Gasteiger partial charge in [-0.3, -0.25) is 9.69 Å². The van der Waals surface area contributed by atoms with Gasteiger partial charge < -0.3 is 15.2 Å². The Balaban J connectivity index is 1.42. The molecule has 2 heterocycles. The molecule has 0 unspecified atom stereocenters. The van der Waals surface area contributed by atoms with Crippen molar-refractivity contribution in [3.8, 4) is 17.2 Å². The monoisotopic (exact) mass is 499 g/mol. The van der Waals surface area contributed by atoms with Gasteiger partial charge in [-0.1, -0.05) is 12.1 Å². The molecule has 1 aliphatic heterocycles. The maximum Gasteiger partial charge on any atom is 0.345 e. The first-order valence-electron chi connectivity index (χ1n) is 11.8. The van der Waals surface area contributed by atoms with Crippen LogP contribution in [-0.2, 0) is 16.0 Å². The third-order valence-electron chi connectivity index (χ3n) is 6.73. The Hall–Kier alpha value is -2.80. The summed E-state index contributed by atoms with van der Waals surface area (Å²) in [5.41, 5.74) is 1.18. The second-order valence-electron chi connectivity index (χ2n) is 10.3. The molecule has 1 aromatic carbocycles. The lowest BCUT2D eigenvalue weighted by molar-refractivity contribution is -0.136. The number of likely N-dealkylation sites (tertiary alicyclic amines) is 1. The number of nitrogens with one attached hydrogen (secondary N) is 1. The smallest absolute Gasteiger partial charge is 0.345 e. The number of carboxylic acids is 1. The first-order valence-corrected chi connectivity index (χ1v) is 12.6. The Morgan fingerprint density at radius 3 is 2.71 bits per heavy atom. The molecule has 4 rings (SSSR count). The van der Waals surface area contributed by atoms with Gasteiger partial charge in [0.05, 0.1) is 17.7 Å². The summed E-state index contributed by atoms with van der Waals surface area (Å²) >= 11 is 1.08. The fourth-order valence-electron chi connectivity index (χ4n) is 4.99. The number of rotatable bonds is 8. The summed E-state index contributed by atoms with van der Waals surface area (Å²) < 4.78 is 20.8. The number of carbonyl (C=O) groups excluding carboxylic acids is 1. The number of carboxylic acid groups (broad SMARTS) is 1. The van der Waals surface area contributed by atoms with Gasteiger partial charge in [-0.15, -0.1) is 11.3 Å². The number of ether oxygens (including phenoxy) is 1. The Labute approximate surface area is 208 Å². The van der Waals surface area contributed by atoms with E-state index in [1.165, 1.54) is 12.1 Å². The minimum Gasteiger partial charge on any atom is -0.477 e. The summed E-state index contributed by atoms with van der Waals surface area (Å²) in [5.74, 6) is -1.50. The van der Waals surface area contributed by atoms with Crippen molar-refractivity contribution in [1.29, 1.82) is 5.26 Å². The highest BCUT2D eigenvalue weighted by Gasteiger charge is 2.49. The summed E-state index contributed by atoms with van der Waals surface area (Å²) in [5, 5.41) is 23.3. The lowest BCUT2D eigenvalue weighted by Gasteiger charge is -2.36. The van der Waals surface area contributed by atoms with Gasteiger partial charge in [-0.05, 0) is 80.2 Å². The maximum atomic E-state index is 14.9. The first kappa shape index (κ1) is 25.3. The van der Waals surface area contributed by atoms with Crippen molar-refractivity contribution in [3.63, 3.8) is 0 Å². The van der Waals surface area contributed by atoms with Crippen molar-refractivity contribution < 1.29 is 23.8 Å². The molecule has 1 amide bonds. The molecule has 1 aromatic heterocycles. The normalized spacial score (nSPS) is 22.7. The van der Waals surface area contributed by atoms with Crippen molar-refractivity contribution >= 4 is 23.2 Å². The van der Waals surface area contributed by atoms with Crippen molar-refractivity contribution in [2.75, 3.05) is 6.73 Å². The van der Waals surface area contributed by atoms with E-state index in [2.05, 4.69) is 16.3 Å². The number of carbonyl (C=O) groups is 2. The van der Waals surface area contributed by atoms with E-state index >= 15 is 0 Å². The van der Waals surface area contributed by atoms with Crippen LogP contribution in [0.1, 0.15) is 55.3 Å². The molecule has 2 aromatic rings. The van der Waals surface area contributed by atoms with E-state index in [9.17, 15) is 19.2 Å². The molecule has 186 valence electrons. The van der Waals surface area contributed by atoms with Crippen LogP contribution < -0.4 is 5.32 Å². The molecule has 1 aliphatic carbocycles. The zero-order valence-electron chi connectivity index (χ0n) is 20.1. The molecule has 4 atom stereocenters. The highest BCUT2D eigenvalue weighted by atomic mass is 32.1. The van der Waals surface area contributed by atoms with Crippen LogP contribution in [0.15, 0.2) is 29.6 Å². The molecule has 2 fully saturated rings. The number of amides is 1. The average Bonchev–Trinajstić information content (AvgIpc) is 3.53. The molecule has 35 heavy (non-hydrogen) atoms. The number of piperidine rings is 1. The Kier molecular flexibility index (Phi) is 7.27. The lowest BCUT2D eigenvalue weighted by atomic mass is 9.97. The maximum absolute atomic E-state index is 14.9. The van der Waals surface area contributed by atoms with Crippen molar-refractivity contribution in [2.45, 2.75) is 70.2 Å². The van der Waals surface area contributed by atoms with Crippen LogP contribution in [0.3, 0.4) is 0 Å². The molecule has 9 heteroatoms. The summed E-state index contributed by atoms with van der Waals surface area (Å²) in [7, 11) is 0. The molecule has 7 nitrogen and oxygen atoms in total. The first-order chi connectivity index (χ1) is 16.6. The zero-order valence-corrected chi connectivity index (χ0v) is 20.9. The highest BCUT2D eigenvalue weighted by Crippen LogP contribution is 2.42. The van der Waals surface area contributed by atoms with E-state index in [0.29, 0.717) is 29.5 Å². The van der Waals surface area contributed by atoms with E-state index < -0.39 is 17.8 Å². The van der Waals surface area contributed by atoms with Gasteiger partial charge in [0.2, 0.25) is 5.91 Å². The molecular formula is C26H30FN3O4S. The number of hydrogen-bond donors (Lipinski definition) is 2. The van der Waals surface area contributed by atoms with E-state index in [1.807, 2.05) is 20.8 Å². The second-order valence-corrected chi connectivity index (χ2v) is 11.2. The molecule has 2 aliphatic rings. The number of fused-ring (bicyclic) bond motifs is 2. The third kappa shape index (κ3) is 5.72. The van der Waals surface area contributed by atoms with Gasteiger partial charge in [0.15, 0.2) is 0 Å². The number of aromatic carboxylic acids is 1. The molecule has 1 saturated heterocycles. The summed E-state index contributed by atoms with van der Waals surface area (Å²) in [6.45, 7) is 6.30. The van der Waals surface area contributed by atoms with Crippen LogP contribution in [0.25, 0.3) is 11.1 Å². The largest absolute Gasteiger partial charge is 0.477 e. The predicted octanol–water partition coefficient (Wildman–Crippen LogP) is 4.43. The molecule has 1 saturated carbocycles. The summed E-state index contributed by atoms with van der Waals surface area (Å²) in [6, 6.07) is 7.31. The number of nitrogens with zero attached hydrogens (tertiary/aromatic N) is 2. The van der Waals surface area contributed by atoms with E-state index in [0.717, 1.165) is 30.6 Å². The van der Waals surface area contributed by atoms with Crippen LogP contribution in [-0.4, -0.2) is 52.3 Å². The number of thiophene rings is 1. The third-order valence-corrected chi connectivity index (χ3v) is 7.64. The minimum absolute atomic E-state index is 0.0394. The highest BCUT2D eigenvalue weighted by molar-refractivity contribution is 7.12. The van der Waals surface area contributed by atoms with E-state index in [4.69, 9.17) is 9.84 Å². The van der Waals surface area contributed by atoms with Gasteiger partial charge in [0.25, 0.3) is 0 Å². The average molecular weight is 500 g/mol. The zero-order chi connectivity index (χ0) is 25.3. The lowest BCUT2D eigenvalue weighted by Crippen LogP contribution is -2.53. The fraction of sp³-hybridized carbons (Fsp3) is 0.500. The number of halogens is 1. The van der Waals surface area contributed by atoms with Crippen LogP contribution in [0.2, 0.25) is 0 Å². The second kappa shape index (κ2) is 10.1. The number of nitriles is 1. The van der Waals surface area contributed by atoms with Crippen LogP contribution in [0.5, 0.6) is 0 Å². The van der Waals surface area contributed by atoms with Crippen molar-refractivity contribution in [2.24, 2.45) is 5.92 Å². The molecule has 2 N–H and O–H groups in total. The Morgan fingerprint density at radius 2 is 2.09 bits per heavy atom. The molecule has 0 spiro atoms. The summed E-state index contributed by atoms with van der Waals surface area (Å²) in [4.78, 5) is 26.6. The quantitative estimate of drug-likeness (QED) is 0.557. The standard InChI is InChI=1S/C26H30FN3O4S/c1-26(2,3)34-14-30-20-7-6-17(9-20)23(30)24(31)29-19(12-28)8-16-5-4-15(10-21(16)27)18-11-22(25(32)33)35-13-18/h4-5,10-11,13,17,19-20,23H,6-9,14H2,1-3H3,(H,29,31)(H,32,33)/t17-,19-,20+,23-/m0/s1. The van der Waals surface area contributed by atoms with Crippen LogP contribution >= 0.6 is 11.3 Å². The van der Waals surface area contributed by atoms with Gasteiger partial charge in [0, 0.05) is 12.5 Å². The van der Waals surface area contributed by atoms with Crippen molar-refractivity contribution in [3.05, 3.63) is 45.9 Å². The van der Waals surface area contributed by atoms with E-state index in [1.54, 1.807) is 17.5 Å². The van der Waals surface area contributed by atoms with Gasteiger partial charge in [-0.2, -0.15) is 5.26 Å². The van der Waals surface area contributed by atoms with E-state index in [-0.39, 0.29) is 34.8 Å². The minimum atomic E-state index is -1.02.